The summed E-state index contributed by atoms with van der Waals surface area (Å²) in [7, 11) is 3.19. The van der Waals surface area contributed by atoms with Gasteiger partial charge in [0.05, 0.1) is 35.0 Å². The molecule has 4 saturated carbocycles. The molecule has 0 radical (unpaired) electrons. The number of allylic oxidation sites excluding steroid dienone is 1. The third-order valence-corrected chi connectivity index (χ3v) is 7.98. The number of hydrogen-bond acceptors (Lipinski definition) is 5. The van der Waals surface area contributed by atoms with Crippen LogP contribution in [0.1, 0.15) is 55.1 Å². The van der Waals surface area contributed by atoms with E-state index >= 15 is 0 Å². The second-order valence-corrected chi connectivity index (χ2v) is 10.4. The number of likely N-dealkylation sites (N-methyl/N-ethyl adjacent to an activating group) is 1. The van der Waals surface area contributed by atoms with Gasteiger partial charge in [-0.3, -0.25) is 19.3 Å². The maximum Gasteiger partial charge on any atom is 0.289 e. The van der Waals surface area contributed by atoms with Crippen LogP contribution >= 0.6 is 0 Å². The maximum absolute atomic E-state index is 12.6. The molecule has 0 aliphatic heterocycles. The fourth-order valence-corrected chi connectivity index (χ4v) is 7.05. The van der Waals surface area contributed by atoms with E-state index in [9.17, 15) is 14.7 Å². The van der Waals surface area contributed by atoms with E-state index in [0.29, 0.717) is 23.4 Å². The van der Waals surface area contributed by atoms with E-state index in [0.717, 1.165) is 60.7 Å². The summed E-state index contributed by atoms with van der Waals surface area (Å²) in [5.41, 5.74) is 3.31. The Hall–Kier alpha value is -2.54. The van der Waals surface area contributed by atoms with E-state index in [4.69, 9.17) is 5.10 Å². The van der Waals surface area contributed by atoms with Crippen molar-refractivity contribution < 1.29 is 14.7 Å². The Balaban J connectivity index is 1.47. The Bertz CT molecular complexity index is 1130. The Morgan fingerprint density at radius 2 is 1.97 bits per heavy atom. The predicted molar refractivity (Wildman–Crippen MR) is 115 cm³/mol. The van der Waals surface area contributed by atoms with E-state index in [2.05, 4.69) is 21.8 Å². The van der Waals surface area contributed by atoms with E-state index < -0.39 is 17.3 Å². The number of aromatic nitrogens is 3. The maximum atomic E-state index is 12.6. The summed E-state index contributed by atoms with van der Waals surface area (Å²) in [6.07, 6.45) is 11.8. The van der Waals surface area contributed by atoms with Crippen molar-refractivity contribution in [3.8, 4) is 0 Å². The zero-order valence-electron chi connectivity index (χ0n) is 18.0. The molecule has 162 valence electrons. The van der Waals surface area contributed by atoms with E-state index in [1.165, 1.54) is 4.90 Å². The number of carbonyl (C=O) groups excluding carboxylic acids is 2. The van der Waals surface area contributed by atoms with Crippen LogP contribution in [0, 0.1) is 17.8 Å². The average molecular weight is 421 g/mol. The molecule has 2 aromatic heterocycles. The second-order valence-electron chi connectivity index (χ2n) is 10.4. The van der Waals surface area contributed by atoms with E-state index in [1.807, 2.05) is 6.20 Å². The molecule has 2 aromatic rings. The normalized spacial score (nSPS) is 32.6. The minimum atomic E-state index is -0.506. The first kappa shape index (κ1) is 19.2. The third-order valence-electron chi connectivity index (χ3n) is 7.98. The first-order valence-electron chi connectivity index (χ1n) is 11.4. The smallest absolute Gasteiger partial charge is 0.289 e. The monoisotopic (exact) mass is 420 g/mol. The fraction of sp³-hybridized carbons (Fsp3) is 0.583. The molecule has 7 heteroatoms. The van der Waals surface area contributed by atoms with Crippen molar-refractivity contribution in [3.05, 3.63) is 29.2 Å². The molecular formula is C24H28N4O3. The molecule has 5 atom stereocenters. The van der Waals surface area contributed by atoms with Gasteiger partial charge in [0, 0.05) is 37.7 Å². The number of fused-ring (bicyclic) bond motifs is 3. The molecule has 0 spiro atoms. The molecule has 7 rings (SSSR count). The number of nitrogens with zero attached hydrogens (tertiary/aromatic N) is 4. The van der Waals surface area contributed by atoms with Gasteiger partial charge in [-0.2, -0.15) is 5.10 Å². The molecule has 1 N–H and O–H groups in total. The van der Waals surface area contributed by atoms with Gasteiger partial charge in [-0.25, -0.2) is 0 Å². The largest absolute Gasteiger partial charge is 0.390 e. The second kappa shape index (κ2) is 6.48. The Kier molecular flexibility index (Phi) is 4.01. The van der Waals surface area contributed by atoms with Crippen LogP contribution in [-0.4, -0.2) is 56.2 Å². The molecule has 1 amide bonds. The summed E-state index contributed by atoms with van der Waals surface area (Å²) in [6.45, 7) is 0. The molecule has 0 saturated heterocycles. The van der Waals surface area contributed by atoms with Gasteiger partial charge in [-0.15, -0.1) is 0 Å². The van der Waals surface area contributed by atoms with Gasteiger partial charge >= 0.3 is 0 Å². The first-order valence-corrected chi connectivity index (χ1v) is 11.4. The number of amides is 1. The van der Waals surface area contributed by atoms with Gasteiger partial charge in [0.1, 0.15) is 0 Å². The number of pyridine rings is 1. The minimum Gasteiger partial charge on any atom is -0.390 e. The van der Waals surface area contributed by atoms with Gasteiger partial charge < -0.3 is 10.0 Å². The van der Waals surface area contributed by atoms with Crippen LogP contribution in [0.25, 0.3) is 17.0 Å². The summed E-state index contributed by atoms with van der Waals surface area (Å²) < 4.78 is 2.16. The SMILES string of the molecule is CN(C)C(=O)C(=O)Cc1nn(C2[C@@H]3CC4C[C@H]2CC(O)(C4)C3)c2c3c(ncc12)CC=C3. The lowest BCUT2D eigenvalue weighted by molar-refractivity contribution is -0.148. The lowest BCUT2D eigenvalue weighted by Crippen LogP contribution is -2.55. The number of Topliss-reactive ketones (excluding diaryl/α,β-unsaturated/α-hetero) is 1. The number of rotatable bonds is 4. The van der Waals surface area contributed by atoms with Gasteiger partial charge in [-0.1, -0.05) is 12.2 Å². The van der Waals surface area contributed by atoms with Crippen molar-refractivity contribution in [3.63, 3.8) is 0 Å². The van der Waals surface area contributed by atoms with Crippen LogP contribution in [0.5, 0.6) is 0 Å². The summed E-state index contributed by atoms with van der Waals surface area (Å²) in [6, 6.07) is 0.230. The van der Waals surface area contributed by atoms with Crippen molar-refractivity contribution in [1.29, 1.82) is 0 Å². The molecule has 4 fully saturated rings. The fourth-order valence-electron chi connectivity index (χ4n) is 7.05. The zero-order valence-corrected chi connectivity index (χ0v) is 18.0. The highest BCUT2D eigenvalue weighted by Crippen LogP contribution is 2.60. The van der Waals surface area contributed by atoms with E-state index in [-0.39, 0.29) is 12.5 Å². The highest BCUT2D eigenvalue weighted by atomic mass is 16.3. The zero-order chi connectivity index (χ0) is 21.5. The van der Waals surface area contributed by atoms with Crippen LogP contribution < -0.4 is 0 Å². The Morgan fingerprint density at radius 1 is 1.23 bits per heavy atom. The van der Waals surface area contributed by atoms with Gasteiger partial charge in [0.2, 0.25) is 5.78 Å². The molecule has 4 bridgehead atoms. The van der Waals surface area contributed by atoms with Crippen molar-refractivity contribution in [1.82, 2.24) is 19.7 Å². The molecule has 2 heterocycles. The minimum absolute atomic E-state index is 0.0146. The molecular weight excluding hydrogens is 392 g/mol. The van der Waals surface area contributed by atoms with Crippen molar-refractivity contribution in [2.45, 2.75) is 56.6 Å². The van der Waals surface area contributed by atoms with Crippen molar-refractivity contribution in [2.75, 3.05) is 14.1 Å². The number of ketones is 1. The standard InChI is InChI=1S/C24H28N4O3/c1-27(2)23(30)20(29)8-19-17-12-25-18-5-3-4-16(18)22(17)28(26-19)21-14-6-13-7-15(21)11-24(31,9-13)10-14/h3-4,12-15,21,31H,5-11H2,1-2H3/t13?,14-,15+,21?,24?. The number of hydrogen-bond donors (Lipinski definition) is 1. The highest BCUT2D eigenvalue weighted by molar-refractivity contribution is 6.36. The van der Waals surface area contributed by atoms with Crippen LogP contribution in [0.3, 0.4) is 0 Å². The van der Waals surface area contributed by atoms with Crippen LogP contribution in [-0.2, 0) is 22.4 Å². The topological polar surface area (TPSA) is 88.3 Å². The van der Waals surface area contributed by atoms with Gasteiger partial charge in [0.25, 0.3) is 5.91 Å². The quantitative estimate of drug-likeness (QED) is 0.767. The predicted octanol–water partition coefficient (Wildman–Crippen LogP) is 2.31. The lowest BCUT2D eigenvalue weighted by Gasteiger charge is -2.58. The van der Waals surface area contributed by atoms with Crippen molar-refractivity contribution >= 4 is 28.7 Å². The van der Waals surface area contributed by atoms with Crippen LogP contribution in [0.2, 0.25) is 0 Å². The molecule has 7 nitrogen and oxygen atoms in total. The summed E-state index contributed by atoms with van der Waals surface area (Å²) >= 11 is 0. The summed E-state index contributed by atoms with van der Waals surface area (Å²) in [5, 5.41) is 16.9. The van der Waals surface area contributed by atoms with Crippen LogP contribution in [0.15, 0.2) is 12.3 Å². The van der Waals surface area contributed by atoms with Gasteiger partial charge in [0.15, 0.2) is 0 Å². The Labute approximate surface area is 181 Å². The van der Waals surface area contributed by atoms with Crippen LogP contribution in [0.4, 0.5) is 0 Å². The lowest BCUT2D eigenvalue weighted by atomic mass is 9.52. The molecule has 5 aliphatic carbocycles. The summed E-state index contributed by atoms with van der Waals surface area (Å²) in [5.74, 6) is 0.466. The Morgan fingerprint density at radius 3 is 2.65 bits per heavy atom. The van der Waals surface area contributed by atoms with Crippen molar-refractivity contribution in [2.24, 2.45) is 17.8 Å². The molecule has 0 aromatic carbocycles. The molecule has 5 aliphatic rings. The molecule has 31 heavy (non-hydrogen) atoms. The van der Waals surface area contributed by atoms with E-state index in [1.54, 1.807) is 14.1 Å². The molecule has 3 unspecified atom stereocenters. The van der Waals surface area contributed by atoms with Gasteiger partial charge in [-0.05, 0) is 49.9 Å². The average Bonchev–Trinajstić information content (AvgIpc) is 3.30. The summed E-state index contributed by atoms with van der Waals surface area (Å²) in [4.78, 5) is 30.7. The third kappa shape index (κ3) is 2.82. The number of aliphatic hydroxyl groups is 1. The number of carbonyl (C=O) groups is 2. The first-order chi connectivity index (χ1) is 14.8. The highest BCUT2D eigenvalue weighted by Gasteiger charge is 2.56.